The summed E-state index contributed by atoms with van der Waals surface area (Å²) in [5.74, 6) is 0.189. The second-order valence-corrected chi connectivity index (χ2v) is 4.34. The van der Waals surface area contributed by atoms with E-state index in [1.54, 1.807) is 19.2 Å². The number of rotatable bonds is 6. The number of esters is 1. The van der Waals surface area contributed by atoms with E-state index in [2.05, 4.69) is 15.4 Å². The Kier molecular flexibility index (Phi) is 4.98. The Morgan fingerprint density at radius 2 is 1.82 bits per heavy atom. The van der Waals surface area contributed by atoms with Crippen molar-refractivity contribution < 1.29 is 19.1 Å². The van der Waals surface area contributed by atoms with Gasteiger partial charge in [-0.1, -0.05) is 12.1 Å². The number of para-hydroxylation sites is 2. The number of carbonyl (C=O) groups is 2. The third-order valence-electron chi connectivity index (χ3n) is 3.03. The molecule has 0 atom stereocenters. The van der Waals surface area contributed by atoms with E-state index in [1.165, 1.54) is 13.2 Å². The first kappa shape index (κ1) is 15.4. The average Bonchev–Trinajstić information content (AvgIpc) is 2.56. The summed E-state index contributed by atoms with van der Waals surface area (Å²) in [4.78, 5) is 22.3. The number of hydrogen-bond donors (Lipinski definition) is 2. The Hall–Kier alpha value is -3.02. The van der Waals surface area contributed by atoms with Crippen LogP contribution in [0.25, 0.3) is 0 Å². The number of benzene rings is 2. The van der Waals surface area contributed by atoms with Crippen molar-refractivity contribution in [2.75, 3.05) is 24.9 Å². The molecule has 0 aliphatic rings. The molecular formula is C16H16N2O4. The quantitative estimate of drug-likeness (QED) is 0.633. The van der Waals surface area contributed by atoms with Crippen LogP contribution in [-0.2, 0) is 9.53 Å². The molecule has 0 fully saturated rings. The molecule has 1 amide bonds. The summed E-state index contributed by atoms with van der Waals surface area (Å²) >= 11 is 0. The number of anilines is 3. The number of carbonyl (C=O) groups excluding carboxylic acids is 2. The lowest BCUT2D eigenvalue weighted by atomic mass is 10.1. The highest BCUT2D eigenvalue weighted by Crippen LogP contribution is 2.31. The predicted molar refractivity (Wildman–Crippen MR) is 83.7 cm³/mol. The maximum absolute atomic E-state index is 11.6. The monoisotopic (exact) mass is 300 g/mol. The Bertz CT molecular complexity index is 686. The van der Waals surface area contributed by atoms with Crippen LogP contribution in [0.1, 0.15) is 10.4 Å². The third-order valence-corrected chi connectivity index (χ3v) is 3.03. The zero-order valence-corrected chi connectivity index (χ0v) is 12.3. The van der Waals surface area contributed by atoms with Gasteiger partial charge in [0.05, 0.1) is 36.8 Å². The summed E-state index contributed by atoms with van der Waals surface area (Å²) < 4.78 is 9.94. The molecule has 6 heteroatoms. The van der Waals surface area contributed by atoms with E-state index in [-0.39, 0.29) is 0 Å². The highest BCUT2D eigenvalue weighted by atomic mass is 16.5. The first-order valence-corrected chi connectivity index (χ1v) is 6.52. The number of nitrogens with one attached hydrogen (secondary N) is 2. The van der Waals surface area contributed by atoms with Gasteiger partial charge in [0.1, 0.15) is 5.75 Å². The summed E-state index contributed by atoms with van der Waals surface area (Å²) in [6, 6.07) is 12.2. The molecule has 22 heavy (non-hydrogen) atoms. The van der Waals surface area contributed by atoms with Crippen LogP contribution in [0.4, 0.5) is 17.1 Å². The molecule has 2 aromatic rings. The molecule has 0 spiro atoms. The molecule has 0 aliphatic heterocycles. The summed E-state index contributed by atoms with van der Waals surface area (Å²) in [5.41, 5.74) is 2.18. The van der Waals surface area contributed by atoms with Gasteiger partial charge in [-0.25, -0.2) is 4.79 Å². The van der Waals surface area contributed by atoms with Gasteiger partial charge < -0.3 is 20.1 Å². The number of hydrogen-bond acceptors (Lipinski definition) is 5. The van der Waals surface area contributed by atoms with E-state index in [1.807, 2.05) is 24.3 Å². The van der Waals surface area contributed by atoms with E-state index < -0.39 is 5.97 Å². The first-order valence-electron chi connectivity index (χ1n) is 6.52. The van der Waals surface area contributed by atoms with Gasteiger partial charge in [0, 0.05) is 0 Å². The molecule has 0 bridgehead atoms. The van der Waals surface area contributed by atoms with Crippen molar-refractivity contribution in [1.29, 1.82) is 0 Å². The maximum atomic E-state index is 11.6. The minimum Gasteiger partial charge on any atom is -0.495 e. The molecule has 0 radical (unpaired) electrons. The molecule has 0 heterocycles. The van der Waals surface area contributed by atoms with Crippen molar-refractivity contribution in [3.8, 4) is 5.75 Å². The maximum Gasteiger partial charge on any atom is 0.337 e. The van der Waals surface area contributed by atoms with Crippen LogP contribution in [0.3, 0.4) is 0 Å². The van der Waals surface area contributed by atoms with Crippen molar-refractivity contribution in [3.05, 3.63) is 48.0 Å². The number of ether oxygens (including phenoxy) is 2. The van der Waals surface area contributed by atoms with Crippen LogP contribution in [0.15, 0.2) is 42.5 Å². The van der Waals surface area contributed by atoms with Crippen molar-refractivity contribution in [2.24, 2.45) is 0 Å². The molecule has 0 unspecified atom stereocenters. The molecule has 6 nitrogen and oxygen atoms in total. The standard InChI is InChI=1S/C16H16N2O4/c1-21-15-6-4-3-5-13(15)18-12-8-7-11(16(20)22-2)9-14(12)17-10-19/h3-10,18H,1-2H3,(H,17,19). The predicted octanol–water partition coefficient (Wildman–Crippen LogP) is 2.79. The van der Waals surface area contributed by atoms with Crippen molar-refractivity contribution in [2.45, 2.75) is 0 Å². The number of amides is 1. The molecule has 0 saturated heterocycles. The smallest absolute Gasteiger partial charge is 0.337 e. The second kappa shape index (κ2) is 7.12. The van der Waals surface area contributed by atoms with Gasteiger partial charge in [-0.3, -0.25) is 4.79 Å². The van der Waals surface area contributed by atoms with Gasteiger partial charge in [-0.2, -0.15) is 0 Å². The largest absolute Gasteiger partial charge is 0.495 e. The molecule has 2 aromatic carbocycles. The lowest BCUT2D eigenvalue weighted by molar-refractivity contribution is -0.105. The zero-order chi connectivity index (χ0) is 15.9. The van der Waals surface area contributed by atoms with E-state index in [0.717, 1.165) is 5.69 Å². The second-order valence-electron chi connectivity index (χ2n) is 4.34. The minimum absolute atomic E-state index is 0.345. The lowest BCUT2D eigenvalue weighted by Crippen LogP contribution is -2.05. The van der Waals surface area contributed by atoms with Gasteiger partial charge in [0.25, 0.3) is 0 Å². The highest BCUT2D eigenvalue weighted by molar-refractivity contribution is 5.94. The van der Waals surface area contributed by atoms with E-state index in [4.69, 9.17) is 4.74 Å². The summed E-state index contributed by atoms with van der Waals surface area (Å²) in [5, 5.41) is 5.72. The molecule has 2 N–H and O–H groups in total. The molecule has 0 aromatic heterocycles. The molecular weight excluding hydrogens is 284 g/mol. The molecule has 0 aliphatic carbocycles. The van der Waals surface area contributed by atoms with Gasteiger partial charge in [0.2, 0.25) is 6.41 Å². The van der Waals surface area contributed by atoms with Crippen LogP contribution < -0.4 is 15.4 Å². The highest BCUT2D eigenvalue weighted by Gasteiger charge is 2.11. The molecule has 0 saturated carbocycles. The van der Waals surface area contributed by atoms with Crippen LogP contribution in [0.5, 0.6) is 5.75 Å². The normalized spacial score (nSPS) is 9.73. The van der Waals surface area contributed by atoms with Gasteiger partial charge in [-0.15, -0.1) is 0 Å². The third kappa shape index (κ3) is 3.35. The average molecular weight is 300 g/mol. The summed E-state index contributed by atoms with van der Waals surface area (Å²) in [6.45, 7) is 0. The molecule has 114 valence electrons. The van der Waals surface area contributed by atoms with Gasteiger partial charge in [0.15, 0.2) is 0 Å². The SMILES string of the molecule is COC(=O)c1ccc(Nc2ccccc2OC)c(NC=O)c1. The van der Waals surface area contributed by atoms with Crippen molar-refractivity contribution in [1.82, 2.24) is 0 Å². The Morgan fingerprint density at radius 1 is 1.05 bits per heavy atom. The molecule has 2 rings (SSSR count). The summed E-state index contributed by atoms with van der Waals surface area (Å²) in [7, 11) is 2.88. The fraction of sp³-hybridized carbons (Fsp3) is 0.125. The fourth-order valence-electron chi connectivity index (χ4n) is 1.97. The van der Waals surface area contributed by atoms with Gasteiger partial charge >= 0.3 is 5.97 Å². The first-order chi connectivity index (χ1) is 10.7. The summed E-state index contributed by atoms with van der Waals surface area (Å²) in [6.07, 6.45) is 0.545. The van der Waals surface area contributed by atoms with E-state index in [0.29, 0.717) is 29.1 Å². The van der Waals surface area contributed by atoms with Crippen molar-refractivity contribution in [3.63, 3.8) is 0 Å². The number of methoxy groups -OCH3 is 2. The topological polar surface area (TPSA) is 76.7 Å². The minimum atomic E-state index is -0.474. The van der Waals surface area contributed by atoms with Crippen LogP contribution >= 0.6 is 0 Å². The van der Waals surface area contributed by atoms with Crippen LogP contribution in [0, 0.1) is 0 Å². The Labute approximate surface area is 128 Å². The van der Waals surface area contributed by atoms with Crippen LogP contribution in [-0.4, -0.2) is 26.6 Å². The van der Waals surface area contributed by atoms with Crippen LogP contribution in [0.2, 0.25) is 0 Å². The van der Waals surface area contributed by atoms with Gasteiger partial charge in [-0.05, 0) is 30.3 Å². The van der Waals surface area contributed by atoms with Crippen molar-refractivity contribution >= 4 is 29.4 Å². The zero-order valence-electron chi connectivity index (χ0n) is 12.3. The van der Waals surface area contributed by atoms with E-state index >= 15 is 0 Å². The lowest BCUT2D eigenvalue weighted by Gasteiger charge is -2.14. The Balaban J connectivity index is 2.37. The van der Waals surface area contributed by atoms with E-state index in [9.17, 15) is 9.59 Å². The fourth-order valence-corrected chi connectivity index (χ4v) is 1.97. The Morgan fingerprint density at radius 3 is 2.50 bits per heavy atom.